The lowest BCUT2D eigenvalue weighted by molar-refractivity contribution is 0.269. The van der Waals surface area contributed by atoms with Gasteiger partial charge in [0.1, 0.15) is 0 Å². The number of aryl methyl sites for hydroxylation is 1. The fourth-order valence-corrected chi connectivity index (χ4v) is 5.02. The second-order valence-electron chi connectivity index (χ2n) is 4.85. The molecule has 1 aromatic heterocycles. The van der Waals surface area contributed by atoms with E-state index in [9.17, 15) is 8.42 Å². The number of halogens is 1. The Hall–Kier alpha value is -0.210. The maximum absolute atomic E-state index is 12.4. The summed E-state index contributed by atoms with van der Waals surface area (Å²) in [6.45, 7) is 7.12. The van der Waals surface area contributed by atoms with E-state index >= 15 is 0 Å². The first-order valence-corrected chi connectivity index (χ1v) is 8.93. The minimum Gasteiger partial charge on any atom is -0.317 e. The van der Waals surface area contributed by atoms with E-state index in [2.05, 4.69) is 17.2 Å². The van der Waals surface area contributed by atoms with Crippen molar-refractivity contribution in [1.29, 1.82) is 0 Å². The van der Waals surface area contributed by atoms with E-state index in [1.807, 2.05) is 6.92 Å². The Morgan fingerprint density at radius 2 is 2.10 bits per heavy atom. The Morgan fingerprint density at radius 3 is 2.60 bits per heavy atom. The van der Waals surface area contributed by atoms with Gasteiger partial charge in [-0.3, -0.25) is 0 Å². The Kier molecular flexibility index (Phi) is 6.87. The summed E-state index contributed by atoms with van der Waals surface area (Å²) in [4.78, 5) is 4.04. The highest BCUT2D eigenvalue weighted by Gasteiger charge is 2.30. The molecule has 1 saturated heterocycles. The van der Waals surface area contributed by atoms with Crippen LogP contribution in [0.1, 0.15) is 24.8 Å². The van der Waals surface area contributed by atoms with Crippen molar-refractivity contribution in [3.8, 4) is 0 Å². The van der Waals surface area contributed by atoms with Crippen LogP contribution in [0.25, 0.3) is 0 Å². The molecule has 0 aliphatic carbocycles. The van der Waals surface area contributed by atoms with Crippen LogP contribution in [0.3, 0.4) is 0 Å². The van der Waals surface area contributed by atoms with E-state index in [1.54, 1.807) is 4.31 Å². The third-order valence-electron chi connectivity index (χ3n) is 3.45. The molecule has 2 rings (SSSR count). The molecule has 1 N–H and O–H groups in total. The summed E-state index contributed by atoms with van der Waals surface area (Å²) in [5, 5.41) is 4.12. The lowest BCUT2D eigenvalue weighted by Crippen LogP contribution is -2.40. The second kappa shape index (κ2) is 7.70. The molecular formula is C12H22ClN3O2S2. The molecular weight excluding hydrogens is 318 g/mol. The largest absolute Gasteiger partial charge is 0.317 e. The SMILES string of the molecule is CCNCC1CCN(S(=O)(=O)c2cnc(C)s2)CC1.Cl. The zero-order valence-corrected chi connectivity index (χ0v) is 14.3. The molecule has 0 saturated carbocycles. The van der Waals surface area contributed by atoms with Crippen LogP contribution < -0.4 is 5.32 Å². The Balaban J connectivity index is 0.00000200. The summed E-state index contributed by atoms with van der Waals surface area (Å²) in [7, 11) is -3.32. The van der Waals surface area contributed by atoms with E-state index in [-0.39, 0.29) is 12.4 Å². The van der Waals surface area contributed by atoms with Crippen molar-refractivity contribution in [3.63, 3.8) is 0 Å². The maximum Gasteiger partial charge on any atom is 0.254 e. The first-order chi connectivity index (χ1) is 9.04. The molecule has 5 nitrogen and oxygen atoms in total. The topological polar surface area (TPSA) is 62.3 Å². The van der Waals surface area contributed by atoms with Crippen molar-refractivity contribution < 1.29 is 8.42 Å². The van der Waals surface area contributed by atoms with Gasteiger partial charge in [-0.15, -0.1) is 23.7 Å². The molecule has 1 fully saturated rings. The van der Waals surface area contributed by atoms with Gasteiger partial charge < -0.3 is 5.32 Å². The van der Waals surface area contributed by atoms with E-state index in [4.69, 9.17) is 0 Å². The highest BCUT2D eigenvalue weighted by molar-refractivity contribution is 7.91. The first-order valence-electron chi connectivity index (χ1n) is 6.67. The van der Waals surface area contributed by atoms with Gasteiger partial charge in [0.15, 0.2) is 4.21 Å². The molecule has 1 aliphatic heterocycles. The summed E-state index contributed by atoms with van der Waals surface area (Å²) in [5.41, 5.74) is 0. The van der Waals surface area contributed by atoms with Gasteiger partial charge in [-0.05, 0) is 38.8 Å². The van der Waals surface area contributed by atoms with Gasteiger partial charge in [-0.2, -0.15) is 4.31 Å². The van der Waals surface area contributed by atoms with Crippen LogP contribution in [0.2, 0.25) is 0 Å². The molecule has 0 radical (unpaired) electrons. The van der Waals surface area contributed by atoms with Crippen LogP contribution in [-0.4, -0.2) is 43.9 Å². The summed E-state index contributed by atoms with van der Waals surface area (Å²) in [6.07, 6.45) is 3.34. The number of hydrogen-bond donors (Lipinski definition) is 1. The van der Waals surface area contributed by atoms with Crippen molar-refractivity contribution in [2.24, 2.45) is 5.92 Å². The van der Waals surface area contributed by atoms with Crippen LogP contribution in [-0.2, 0) is 10.0 Å². The standard InChI is InChI=1S/C12H21N3O2S2.ClH/c1-3-13-8-11-4-6-15(7-5-11)19(16,17)12-9-14-10(2)18-12;/h9,11,13H,3-8H2,1-2H3;1H. The first kappa shape index (κ1) is 17.8. The number of piperidine rings is 1. The van der Waals surface area contributed by atoms with Gasteiger partial charge in [0, 0.05) is 13.1 Å². The van der Waals surface area contributed by atoms with Crippen LogP contribution in [0, 0.1) is 12.8 Å². The van der Waals surface area contributed by atoms with Gasteiger partial charge in [-0.1, -0.05) is 6.92 Å². The minimum atomic E-state index is -3.32. The van der Waals surface area contributed by atoms with Gasteiger partial charge in [0.05, 0.1) is 11.2 Å². The number of rotatable bonds is 5. The van der Waals surface area contributed by atoms with Gasteiger partial charge in [-0.25, -0.2) is 13.4 Å². The van der Waals surface area contributed by atoms with E-state index in [0.29, 0.717) is 23.2 Å². The predicted octanol–water partition coefficient (Wildman–Crippen LogP) is 1.88. The number of thiazole rings is 1. The molecule has 1 aromatic rings. The van der Waals surface area contributed by atoms with E-state index in [0.717, 1.165) is 30.9 Å². The minimum absolute atomic E-state index is 0. The lowest BCUT2D eigenvalue weighted by atomic mass is 9.98. The number of nitrogens with zero attached hydrogens (tertiary/aromatic N) is 2. The average molecular weight is 340 g/mol. The molecule has 8 heteroatoms. The van der Waals surface area contributed by atoms with Gasteiger partial charge in [0.25, 0.3) is 10.0 Å². The van der Waals surface area contributed by atoms with E-state index < -0.39 is 10.0 Å². The highest BCUT2D eigenvalue weighted by atomic mass is 35.5. The number of nitrogens with one attached hydrogen (secondary N) is 1. The highest BCUT2D eigenvalue weighted by Crippen LogP contribution is 2.26. The quantitative estimate of drug-likeness (QED) is 0.889. The Bertz CT molecular complexity index is 511. The maximum atomic E-state index is 12.4. The van der Waals surface area contributed by atoms with Gasteiger partial charge in [0.2, 0.25) is 0 Å². The Labute approximate surface area is 131 Å². The summed E-state index contributed by atoms with van der Waals surface area (Å²) < 4.78 is 26.8. The lowest BCUT2D eigenvalue weighted by Gasteiger charge is -2.30. The predicted molar refractivity (Wildman–Crippen MR) is 84.1 cm³/mol. The van der Waals surface area contributed by atoms with E-state index in [1.165, 1.54) is 17.5 Å². The van der Waals surface area contributed by atoms with Crippen molar-refractivity contribution in [2.45, 2.75) is 30.9 Å². The van der Waals surface area contributed by atoms with Crippen molar-refractivity contribution in [1.82, 2.24) is 14.6 Å². The summed E-state index contributed by atoms with van der Waals surface area (Å²) in [5.74, 6) is 0.592. The number of hydrogen-bond acceptors (Lipinski definition) is 5. The molecule has 0 spiro atoms. The molecule has 0 bridgehead atoms. The third kappa shape index (κ3) is 4.14. The van der Waals surface area contributed by atoms with Gasteiger partial charge >= 0.3 is 0 Å². The Morgan fingerprint density at radius 1 is 1.45 bits per heavy atom. The van der Waals surface area contributed by atoms with Crippen molar-refractivity contribution in [2.75, 3.05) is 26.2 Å². The van der Waals surface area contributed by atoms with Crippen LogP contribution in [0.4, 0.5) is 0 Å². The summed E-state index contributed by atoms with van der Waals surface area (Å²) >= 11 is 1.25. The zero-order chi connectivity index (χ0) is 13.9. The number of sulfonamides is 1. The van der Waals surface area contributed by atoms with Crippen LogP contribution in [0.15, 0.2) is 10.4 Å². The average Bonchev–Trinajstić information content (AvgIpc) is 2.84. The normalized spacial score (nSPS) is 17.9. The molecule has 1 aliphatic rings. The monoisotopic (exact) mass is 339 g/mol. The van der Waals surface area contributed by atoms with Crippen molar-refractivity contribution >= 4 is 33.8 Å². The zero-order valence-electron chi connectivity index (χ0n) is 11.8. The fourth-order valence-electron chi connectivity index (χ4n) is 2.29. The molecule has 116 valence electrons. The van der Waals surface area contributed by atoms with Crippen molar-refractivity contribution in [3.05, 3.63) is 11.2 Å². The molecule has 20 heavy (non-hydrogen) atoms. The van der Waals surface area contributed by atoms with Crippen LogP contribution in [0.5, 0.6) is 0 Å². The molecule has 0 unspecified atom stereocenters. The molecule has 0 atom stereocenters. The molecule has 0 amide bonds. The fraction of sp³-hybridized carbons (Fsp3) is 0.750. The third-order valence-corrected chi connectivity index (χ3v) is 6.70. The smallest absolute Gasteiger partial charge is 0.254 e. The number of aromatic nitrogens is 1. The summed E-state index contributed by atoms with van der Waals surface area (Å²) in [6, 6.07) is 0. The molecule has 2 heterocycles. The van der Waals surface area contributed by atoms with Crippen LogP contribution >= 0.6 is 23.7 Å². The molecule has 0 aromatic carbocycles. The second-order valence-corrected chi connectivity index (χ2v) is 8.25.